The first-order valence-electron chi connectivity index (χ1n) is 5.81. The first kappa shape index (κ1) is 14.1. The van der Waals surface area contributed by atoms with Crippen LogP contribution in [0.2, 0.25) is 5.02 Å². The molecule has 0 spiro atoms. The number of ether oxygens (including phenoxy) is 1. The normalized spacial score (nSPS) is 10.3. The number of aromatic nitrogens is 2. The fraction of sp³-hybridized carbons (Fsp3) is 0.231. The van der Waals surface area contributed by atoms with Crippen LogP contribution in [0.15, 0.2) is 35.2 Å². The minimum Gasteiger partial charge on any atom is -0.491 e. The summed E-state index contributed by atoms with van der Waals surface area (Å²) in [5, 5.41) is 3.91. The van der Waals surface area contributed by atoms with Crippen molar-refractivity contribution in [1.82, 2.24) is 9.97 Å². The molecule has 6 heteroatoms. The Morgan fingerprint density at radius 3 is 2.95 bits per heavy atom. The fourth-order valence-electron chi connectivity index (χ4n) is 1.59. The highest BCUT2D eigenvalue weighted by molar-refractivity contribution is 9.10. The predicted octanol–water partition coefficient (Wildman–Crippen LogP) is 3.90. The molecule has 0 unspecified atom stereocenters. The van der Waals surface area contributed by atoms with E-state index in [-0.39, 0.29) is 0 Å². The van der Waals surface area contributed by atoms with Gasteiger partial charge in [-0.1, -0.05) is 11.6 Å². The van der Waals surface area contributed by atoms with Gasteiger partial charge in [0.25, 0.3) is 0 Å². The summed E-state index contributed by atoms with van der Waals surface area (Å²) in [5.74, 6) is 0.751. The third-order valence-electron chi connectivity index (χ3n) is 2.40. The van der Waals surface area contributed by atoms with Gasteiger partial charge in [-0.15, -0.1) is 0 Å². The van der Waals surface area contributed by atoms with Gasteiger partial charge in [0.05, 0.1) is 29.0 Å². The number of rotatable bonds is 5. The van der Waals surface area contributed by atoms with E-state index < -0.39 is 0 Å². The van der Waals surface area contributed by atoms with Crippen LogP contribution >= 0.6 is 27.5 Å². The minimum absolute atomic E-state index is 0.579. The van der Waals surface area contributed by atoms with Gasteiger partial charge < -0.3 is 10.1 Å². The minimum atomic E-state index is 0.579. The lowest BCUT2D eigenvalue weighted by Gasteiger charge is -2.14. The third kappa shape index (κ3) is 3.81. The zero-order valence-electron chi connectivity index (χ0n) is 10.4. The van der Waals surface area contributed by atoms with E-state index in [1.807, 2.05) is 25.1 Å². The van der Waals surface area contributed by atoms with Gasteiger partial charge in [0.1, 0.15) is 6.33 Å². The molecular formula is C13H13BrClN3O. The second-order valence-electron chi connectivity index (χ2n) is 3.75. The fourth-order valence-corrected chi connectivity index (χ4v) is 2.52. The molecule has 1 aromatic heterocycles. The van der Waals surface area contributed by atoms with Crippen molar-refractivity contribution in [2.24, 2.45) is 0 Å². The van der Waals surface area contributed by atoms with Crippen LogP contribution in [-0.4, -0.2) is 16.6 Å². The molecule has 0 aliphatic rings. The topological polar surface area (TPSA) is 47.0 Å². The molecular weight excluding hydrogens is 330 g/mol. The Morgan fingerprint density at radius 1 is 1.42 bits per heavy atom. The van der Waals surface area contributed by atoms with Gasteiger partial charge in [0.15, 0.2) is 5.75 Å². The van der Waals surface area contributed by atoms with Crippen molar-refractivity contribution < 1.29 is 4.74 Å². The first-order chi connectivity index (χ1) is 9.20. The summed E-state index contributed by atoms with van der Waals surface area (Å²) in [6.07, 6.45) is 3.23. The molecule has 1 aromatic carbocycles. The highest BCUT2D eigenvalue weighted by Crippen LogP contribution is 2.36. The van der Waals surface area contributed by atoms with E-state index in [0.717, 1.165) is 21.6 Å². The monoisotopic (exact) mass is 341 g/mol. The van der Waals surface area contributed by atoms with Crippen LogP contribution in [0.3, 0.4) is 0 Å². The Morgan fingerprint density at radius 2 is 2.26 bits per heavy atom. The average Bonchev–Trinajstić information content (AvgIpc) is 2.41. The lowest BCUT2D eigenvalue weighted by Crippen LogP contribution is -2.04. The van der Waals surface area contributed by atoms with Crippen LogP contribution in [0, 0.1) is 0 Å². The molecule has 4 nitrogen and oxygen atoms in total. The maximum atomic E-state index is 6.05. The second-order valence-corrected chi connectivity index (χ2v) is 5.04. The van der Waals surface area contributed by atoms with Crippen molar-refractivity contribution >= 4 is 33.2 Å². The zero-order valence-corrected chi connectivity index (χ0v) is 12.7. The van der Waals surface area contributed by atoms with E-state index in [2.05, 4.69) is 31.2 Å². The van der Waals surface area contributed by atoms with E-state index in [1.165, 1.54) is 6.33 Å². The largest absolute Gasteiger partial charge is 0.491 e. The Balaban J connectivity index is 2.19. The summed E-state index contributed by atoms with van der Waals surface area (Å²) in [5.41, 5.74) is 1.73. The van der Waals surface area contributed by atoms with Gasteiger partial charge in [-0.2, -0.15) is 0 Å². The number of nitrogens with one attached hydrogen (secondary N) is 1. The van der Waals surface area contributed by atoms with Gasteiger partial charge in [-0.05, 0) is 41.1 Å². The molecule has 0 aliphatic heterocycles. The molecule has 0 saturated carbocycles. The summed E-state index contributed by atoms with van der Waals surface area (Å²) >= 11 is 9.50. The van der Waals surface area contributed by atoms with Gasteiger partial charge in [0.2, 0.25) is 0 Å². The molecule has 1 N–H and O–H groups in total. The lowest BCUT2D eigenvalue weighted by molar-refractivity contribution is 0.339. The quantitative estimate of drug-likeness (QED) is 0.895. The van der Waals surface area contributed by atoms with Crippen LogP contribution in [-0.2, 0) is 6.54 Å². The van der Waals surface area contributed by atoms with E-state index in [9.17, 15) is 0 Å². The zero-order chi connectivity index (χ0) is 13.7. The van der Waals surface area contributed by atoms with Crippen molar-refractivity contribution in [2.75, 3.05) is 11.9 Å². The smallest absolute Gasteiger partial charge is 0.156 e. The maximum absolute atomic E-state index is 6.05. The Labute approximate surface area is 125 Å². The van der Waals surface area contributed by atoms with Crippen LogP contribution in [0.4, 0.5) is 5.69 Å². The molecule has 0 aliphatic carbocycles. The summed E-state index contributed by atoms with van der Waals surface area (Å²) in [7, 11) is 0. The molecule has 0 saturated heterocycles. The summed E-state index contributed by atoms with van der Waals surface area (Å²) in [6.45, 7) is 3.10. The Bertz CT molecular complexity index is 551. The first-order valence-corrected chi connectivity index (χ1v) is 6.98. The van der Waals surface area contributed by atoms with Gasteiger partial charge in [-0.3, -0.25) is 0 Å². The Hall–Kier alpha value is -1.33. The molecule has 0 atom stereocenters. The van der Waals surface area contributed by atoms with E-state index in [4.69, 9.17) is 16.3 Å². The molecule has 19 heavy (non-hydrogen) atoms. The van der Waals surface area contributed by atoms with Crippen LogP contribution in [0.5, 0.6) is 5.75 Å². The molecule has 1 heterocycles. The van der Waals surface area contributed by atoms with Crippen LogP contribution in [0.25, 0.3) is 0 Å². The maximum Gasteiger partial charge on any atom is 0.156 e. The predicted molar refractivity (Wildman–Crippen MR) is 79.7 cm³/mol. The summed E-state index contributed by atoms with van der Waals surface area (Å²) in [6, 6.07) is 5.49. The second kappa shape index (κ2) is 6.73. The van der Waals surface area contributed by atoms with Crippen LogP contribution in [0.1, 0.15) is 12.6 Å². The molecule has 2 aromatic rings. The number of hydrogen-bond acceptors (Lipinski definition) is 4. The standard InChI is InChI=1S/C13H13BrClN3O/c1-2-19-13-11(14)5-9(15)6-12(13)17-7-10-3-4-16-8-18-10/h3-6,8,17H,2,7H2,1H3. The van der Waals surface area contributed by atoms with Gasteiger partial charge >= 0.3 is 0 Å². The van der Waals surface area contributed by atoms with Crippen molar-refractivity contribution in [1.29, 1.82) is 0 Å². The Kier molecular flexibility index (Phi) is 4.99. The van der Waals surface area contributed by atoms with Crippen molar-refractivity contribution in [3.8, 4) is 5.75 Å². The molecule has 0 radical (unpaired) electrons. The van der Waals surface area contributed by atoms with Gasteiger partial charge in [0, 0.05) is 11.2 Å². The van der Waals surface area contributed by atoms with E-state index in [1.54, 1.807) is 6.20 Å². The SMILES string of the molecule is CCOc1c(Br)cc(Cl)cc1NCc1ccncn1. The van der Waals surface area contributed by atoms with E-state index >= 15 is 0 Å². The van der Waals surface area contributed by atoms with Crippen molar-refractivity contribution in [3.63, 3.8) is 0 Å². The van der Waals surface area contributed by atoms with Crippen molar-refractivity contribution in [2.45, 2.75) is 13.5 Å². The summed E-state index contributed by atoms with van der Waals surface area (Å²) in [4.78, 5) is 8.04. The van der Waals surface area contributed by atoms with Crippen molar-refractivity contribution in [3.05, 3.63) is 45.9 Å². The van der Waals surface area contributed by atoms with E-state index in [0.29, 0.717) is 18.2 Å². The average molecular weight is 343 g/mol. The highest BCUT2D eigenvalue weighted by Gasteiger charge is 2.10. The molecule has 100 valence electrons. The molecule has 0 fully saturated rings. The number of nitrogens with zero attached hydrogens (tertiary/aromatic N) is 2. The summed E-state index contributed by atoms with van der Waals surface area (Å²) < 4.78 is 6.44. The number of hydrogen-bond donors (Lipinski definition) is 1. The highest BCUT2D eigenvalue weighted by atomic mass is 79.9. The number of benzene rings is 1. The molecule has 2 rings (SSSR count). The number of halogens is 2. The lowest BCUT2D eigenvalue weighted by atomic mass is 10.2. The van der Waals surface area contributed by atoms with Crippen LogP contribution < -0.4 is 10.1 Å². The number of anilines is 1. The molecule has 0 amide bonds. The third-order valence-corrected chi connectivity index (χ3v) is 3.21. The van der Waals surface area contributed by atoms with Gasteiger partial charge in [-0.25, -0.2) is 9.97 Å². The molecule has 0 bridgehead atoms.